The summed E-state index contributed by atoms with van der Waals surface area (Å²) in [6.07, 6.45) is 3.45. The van der Waals surface area contributed by atoms with E-state index in [1.165, 1.54) is 0 Å². The number of carbonyl (C=O) groups is 1. The number of hydrogen-bond donors (Lipinski definition) is 1. The van der Waals surface area contributed by atoms with Gasteiger partial charge < -0.3 is 14.5 Å². The van der Waals surface area contributed by atoms with E-state index < -0.39 is 0 Å². The van der Waals surface area contributed by atoms with Crippen molar-refractivity contribution in [2.45, 2.75) is 19.9 Å². The molecule has 0 spiro atoms. The molecular weight excluding hydrogens is 292 g/mol. The maximum absolute atomic E-state index is 12.7. The first kappa shape index (κ1) is 15.1. The van der Waals surface area contributed by atoms with Crippen molar-refractivity contribution in [3.63, 3.8) is 0 Å². The second kappa shape index (κ2) is 6.12. The molecule has 0 saturated heterocycles. The maximum Gasteiger partial charge on any atom is 0.255 e. The van der Waals surface area contributed by atoms with Crippen LogP contribution in [-0.2, 0) is 0 Å². The number of carbonyl (C=O) groups excluding carboxylic acids is 1. The molecular formula is C18H18N2O3. The zero-order valence-corrected chi connectivity index (χ0v) is 13.3. The number of furan rings is 1. The Kier molecular flexibility index (Phi) is 4.02. The highest BCUT2D eigenvalue weighted by molar-refractivity contribution is 6.07. The number of rotatable bonds is 4. The van der Waals surface area contributed by atoms with Gasteiger partial charge in [-0.1, -0.05) is 6.07 Å². The van der Waals surface area contributed by atoms with Gasteiger partial charge in [-0.05, 0) is 43.7 Å². The van der Waals surface area contributed by atoms with E-state index in [-0.39, 0.29) is 11.9 Å². The molecule has 0 aliphatic carbocycles. The summed E-state index contributed by atoms with van der Waals surface area (Å²) in [4.78, 5) is 16.8. The normalized spacial score (nSPS) is 12.1. The van der Waals surface area contributed by atoms with Crippen LogP contribution in [0.3, 0.4) is 0 Å². The monoisotopic (exact) mass is 310 g/mol. The van der Waals surface area contributed by atoms with Gasteiger partial charge in [-0.2, -0.15) is 0 Å². The van der Waals surface area contributed by atoms with Crippen molar-refractivity contribution in [2.24, 2.45) is 0 Å². The minimum Gasteiger partial charge on any atom is -0.497 e. The van der Waals surface area contributed by atoms with E-state index >= 15 is 0 Å². The molecule has 0 saturated carbocycles. The van der Waals surface area contributed by atoms with Gasteiger partial charge >= 0.3 is 0 Å². The van der Waals surface area contributed by atoms with Gasteiger partial charge in [-0.25, -0.2) is 0 Å². The average Bonchev–Trinajstić information content (AvgIpc) is 2.90. The highest BCUT2D eigenvalue weighted by Gasteiger charge is 2.20. The Labute approximate surface area is 134 Å². The standard InChI is InChI=1S/C18H18N2O3/c1-11(13-5-4-8-19-10-13)20-18(21)17-12(2)23-16-7-6-14(22-3)9-15(16)17/h4-11H,1-3H3,(H,20,21)/t11-/m1/s1. The molecule has 2 heterocycles. The third kappa shape index (κ3) is 2.90. The zero-order chi connectivity index (χ0) is 16.4. The molecule has 0 fully saturated rings. The molecule has 0 aliphatic heterocycles. The number of nitrogens with one attached hydrogen (secondary N) is 1. The molecule has 0 unspecified atom stereocenters. The van der Waals surface area contributed by atoms with E-state index in [4.69, 9.17) is 9.15 Å². The predicted molar refractivity (Wildman–Crippen MR) is 87.6 cm³/mol. The Morgan fingerprint density at radius 3 is 2.87 bits per heavy atom. The smallest absolute Gasteiger partial charge is 0.255 e. The topological polar surface area (TPSA) is 64.4 Å². The van der Waals surface area contributed by atoms with Crippen LogP contribution in [0.1, 0.15) is 34.6 Å². The summed E-state index contributed by atoms with van der Waals surface area (Å²) in [5, 5.41) is 3.74. The van der Waals surface area contributed by atoms with Gasteiger partial charge in [0.2, 0.25) is 0 Å². The van der Waals surface area contributed by atoms with Crippen molar-refractivity contribution in [1.29, 1.82) is 0 Å². The van der Waals surface area contributed by atoms with Crippen LogP contribution in [0.2, 0.25) is 0 Å². The lowest BCUT2D eigenvalue weighted by Crippen LogP contribution is -2.27. The Balaban J connectivity index is 1.93. The molecule has 1 aromatic carbocycles. The summed E-state index contributed by atoms with van der Waals surface area (Å²) < 4.78 is 10.9. The number of pyridine rings is 1. The molecule has 118 valence electrons. The second-order valence-electron chi connectivity index (χ2n) is 5.38. The number of amides is 1. The third-order valence-corrected chi connectivity index (χ3v) is 3.83. The van der Waals surface area contributed by atoms with Gasteiger partial charge in [-0.3, -0.25) is 9.78 Å². The zero-order valence-electron chi connectivity index (χ0n) is 13.3. The van der Waals surface area contributed by atoms with Crippen LogP contribution >= 0.6 is 0 Å². The molecule has 3 rings (SSSR count). The molecule has 1 atom stereocenters. The first-order chi connectivity index (χ1) is 11.1. The third-order valence-electron chi connectivity index (χ3n) is 3.83. The Morgan fingerprint density at radius 2 is 2.17 bits per heavy atom. The van der Waals surface area contributed by atoms with Gasteiger partial charge in [0.05, 0.1) is 18.7 Å². The summed E-state index contributed by atoms with van der Waals surface area (Å²) in [7, 11) is 1.60. The quantitative estimate of drug-likeness (QED) is 0.799. The fraction of sp³-hybridized carbons (Fsp3) is 0.222. The number of fused-ring (bicyclic) bond motifs is 1. The van der Waals surface area contributed by atoms with Crippen molar-refractivity contribution in [1.82, 2.24) is 10.3 Å². The van der Waals surface area contributed by atoms with E-state index in [2.05, 4.69) is 10.3 Å². The van der Waals surface area contributed by atoms with E-state index in [0.29, 0.717) is 22.7 Å². The van der Waals surface area contributed by atoms with Crippen LogP contribution in [-0.4, -0.2) is 18.0 Å². The summed E-state index contributed by atoms with van der Waals surface area (Å²) >= 11 is 0. The van der Waals surface area contributed by atoms with E-state index in [9.17, 15) is 4.79 Å². The SMILES string of the molecule is COc1ccc2oc(C)c(C(=O)N[C@H](C)c3cccnc3)c2c1. The van der Waals surface area contributed by atoms with Crippen LogP contribution in [0.5, 0.6) is 5.75 Å². The van der Waals surface area contributed by atoms with E-state index in [1.807, 2.05) is 37.3 Å². The Bertz CT molecular complexity index is 840. The molecule has 1 amide bonds. The highest BCUT2D eigenvalue weighted by atomic mass is 16.5. The molecule has 1 N–H and O–H groups in total. The predicted octanol–water partition coefficient (Wildman–Crippen LogP) is 3.64. The number of ether oxygens (including phenoxy) is 1. The van der Waals surface area contributed by atoms with Gasteiger partial charge in [0, 0.05) is 17.8 Å². The summed E-state index contributed by atoms with van der Waals surface area (Å²) in [5.74, 6) is 1.10. The Hall–Kier alpha value is -2.82. The van der Waals surface area contributed by atoms with Crippen molar-refractivity contribution in [3.8, 4) is 5.75 Å². The molecule has 23 heavy (non-hydrogen) atoms. The number of benzene rings is 1. The van der Waals surface area contributed by atoms with Crippen molar-refractivity contribution >= 4 is 16.9 Å². The van der Waals surface area contributed by atoms with E-state index in [1.54, 1.807) is 26.4 Å². The van der Waals surface area contributed by atoms with Crippen molar-refractivity contribution in [2.75, 3.05) is 7.11 Å². The first-order valence-corrected chi connectivity index (χ1v) is 7.38. The number of aromatic nitrogens is 1. The van der Waals surface area contributed by atoms with Crippen LogP contribution in [0.15, 0.2) is 47.1 Å². The minimum atomic E-state index is -0.175. The van der Waals surface area contributed by atoms with Crippen LogP contribution < -0.4 is 10.1 Å². The fourth-order valence-electron chi connectivity index (χ4n) is 2.59. The lowest BCUT2D eigenvalue weighted by Gasteiger charge is -2.13. The largest absolute Gasteiger partial charge is 0.497 e. The number of aryl methyl sites for hydroxylation is 1. The van der Waals surface area contributed by atoms with Crippen LogP contribution in [0.25, 0.3) is 11.0 Å². The van der Waals surface area contributed by atoms with Crippen molar-refractivity contribution in [3.05, 3.63) is 59.6 Å². The molecule has 0 aliphatic rings. The molecule has 0 bridgehead atoms. The molecule has 2 aromatic heterocycles. The lowest BCUT2D eigenvalue weighted by molar-refractivity contribution is 0.0940. The van der Waals surface area contributed by atoms with Gasteiger partial charge in [0.15, 0.2) is 0 Å². The van der Waals surface area contributed by atoms with Crippen LogP contribution in [0.4, 0.5) is 0 Å². The van der Waals surface area contributed by atoms with Gasteiger partial charge in [0.25, 0.3) is 5.91 Å². The summed E-state index contributed by atoms with van der Waals surface area (Å²) in [6.45, 7) is 3.71. The van der Waals surface area contributed by atoms with Gasteiger partial charge in [0.1, 0.15) is 17.1 Å². The fourth-order valence-corrected chi connectivity index (χ4v) is 2.59. The van der Waals surface area contributed by atoms with E-state index in [0.717, 1.165) is 10.9 Å². The summed E-state index contributed by atoms with van der Waals surface area (Å²) in [5.41, 5.74) is 2.15. The average molecular weight is 310 g/mol. The first-order valence-electron chi connectivity index (χ1n) is 7.38. The van der Waals surface area contributed by atoms with Gasteiger partial charge in [-0.15, -0.1) is 0 Å². The molecule has 5 nitrogen and oxygen atoms in total. The molecule has 5 heteroatoms. The number of nitrogens with zero attached hydrogens (tertiary/aromatic N) is 1. The van der Waals surface area contributed by atoms with Crippen molar-refractivity contribution < 1.29 is 13.9 Å². The minimum absolute atomic E-state index is 0.147. The number of hydrogen-bond acceptors (Lipinski definition) is 4. The summed E-state index contributed by atoms with van der Waals surface area (Å²) in [6, 6.07) is 9.07. The maximum atomic E-state index is 12.7. The number of methoxy groups -OCH3 is 1. The van der Waals surface area contributed by atoms with Crippen LogP contribution in [0, 0.1) is 6.92 Å². The molecule has 0 radical (unpaired) electrons. The highest BCUT2D eigenvalue weighted by Crippen LogP contribution is 2.29. The Morgan fingerprint density at radius 1 is 1.35 bits per heavy atom. The lowest BCUT2D eigenvalue weighted by atomic mass is 10.1. The second-order valence-corrected chi connectivity index (χ2v) is 5.38. The molecule has 3 aromatic rings.